The van der Waals surface area contributed by atoms with E-state index in [1.54, 1.807) is 30.6 Å². The highest BCUT2D eigenvalue weighted by molar-refractivity contribution is 7.90. The summed E-state index contributed by atoms with van der Waals surface area (Å²) in [6, 6.07) is 21.0. The molecule has 1 amide bonds. The predicted octanol–water partition coefficient (Wildman–Crippen LogP) is 8.72. The number of hydrogen-bond donors (Lipinski definition) is 3. The van der Waals surface area contributed by atoms with Crippen LogP contribution in [0, 0.1) is 16.2 Å². The molecule has 3 aromatic carbocycles. The largest absolute Gasteiger partial charge is 0.455 e. The number of piperazine rings is 1. The van der Waals surface area contributed by atoms with Crippen molar-refractivity contribution in [2.75, 3.05) is 69.8 Å². The molecule has 2 aliphatic heterocycles. The lowest BCUT2D eigenvalue weighted by molar-refractivity contribution is -0.736. The summed E-state index contributed by atoms with van der Waals surface area (Å²) in [5, 5.41) is 4.80. The Morgan fingerprint density at radius 2 is 1.79 bits per heavy atom. The first kappa shape index (κ1) is 43.2. The van der Waals surface area contributed by atoms with Crippen LogP contribution in [0.1, 0.15) is 61.9 Å². The number of ether oxygens (including phenoxy) is 2. The molecule has 8 rings (SSSR count). The molecule has 16 heteroatoms. The Labute approximate surface area is 367 Å². The summed E-state index contributed by atoms with van der Waals surface area (Å²) in [6.07, 6.45) is 8.29. The second-order valence-electron chi connectivity index (χ2n) is 17.1. The highest BCUT2D eigenvalue weighted by Gasteiger charge is 2.31. The number of fused-ring (bicyclic) bond motifs is 1. The normalized spacial score (nSPS) is 17.5. The number of anilines is 2. The van der Waals surface area contributed by atoms with E-state index in [1.807, 2.05) is 24.3 Å². The van der Waals surface area contributed by atoms with Gasteiger partial charge in [0.25, 0.3) is 20.9 Å². The molecule has 326 valence electrons. The van der Waals surface area contributed by atoms with Gasteiger partial charge >= 0.3 is 5.69 Å². The highest BCUT2D eigenvalue weighted by atomic mass is 35.5. The Balaban J connectivity index is 1.01. The number of H-pyrrole nitrogens is 1. The lowest BCUT2D eigenvalue weighted by atomic mass is 9.72. The zero-order valence-corrected chi connectivity index (χ0v) is 36.9. The molecule has 2 saturated heterocycles. The quantitative estimate of drug-likeness (QED) is 0.0917. The van der Waals surface area contributed by atoms with Crippen molar-refractivity contribution in [3.8, 4) is 11.5 Å². The van der Waals surface area contributed by atoms with Gasteiger partial charge < -0.3 is 24.7 Å². The summed E-state index contributed by atoms with van der Waals surface area (Å²) in [4.78, 5) is 43.9. The summed E-state index contributed by atoms with van der Waals surface area (Å²) >= 11 is 6.25. The molecule has 0 atom stereocenters. The van der Waals surface area contributed by atoms with Gasteiger partial charge in [-0.25, -0.2) is 23.0 Å². The molecule has 0 unspecified atom stereocenters. The number of rotatable bonds is 14. The second-order valence-corrected chi connectivity index (χ2v) is 19.2. The van der Waals surface area contributed by atoms with Gasteiger partial charge in [-0.2, -0.15) is 0 Å². The fourth-order valence-corrected chi connectivity index (χ4v) is 9.61. The minimum absolute atomic E-state index is 0.00401. The van der Waals surface area contributed by atoms with E-state index in [9.17, 15) is 18.1 Å². The summed E-state index contributed by atoms with van der Waals surface area (Å²) in [6.45, 7) is 10.6. The van der Waals surface area contributed by atoms with Crippen LogP contribution in [0.3, 0.4) is 0 Å². The monoisotopic (exact) mass is 882 g/mol. The molecule has 3 N–H and O–H groups in total. The van der Waals surface area contributed by atoms with Crippen LogP contribution in [0.5, 0.6) is 11.5 Å². The topological polar surface area (TPSA) is 158 Å². The summed E-state index contributed by atoms with van der Waals surface area (Å²) in [5.74, 6) is -0.0288. The third-order valence-electron chi connectivity index (χ3n) is 12.1. The molecule has 4 heterocycles. The van der Waals surface area contributed by atoms with Crippen LogP contribution in [0.25, 0.3) is 16.6 Å². The van der Waals surface area contributed by atoms with E-state index in [-0.39, 0.29) is 32.2 Å². The SMILES string of the molecule is CO[N+](=O)c1cc(S(=O)(=O)NC(=O)c2ccc(N3CCN(CC4=C(c5ccc(Cl)cc5)CC(C)(C)CC4)CC3)cc2Oc2cnc3[nH]ccc3c2)ccc1NCC1CCOCC1. The number of hydrogen-bond acceptors (Lipinski definition) is 11. The fraction of sp³-hybridized carbons (Fsp3) is 0.391. The average Bonchev–Trinajstić information content (AvgIpc) is 3.75. The number of halogens is 1. The van der Waals surface area contributed by atoms with E-state index >= 15 is 0 Å². The Hall–Kier alpha value is -5.48. The van der Waals surface area contributed by atoms with Gasteiger partial charge in [-0.15, -0.1) is 0 Å². The van der Waals surface area contributed by atoms with Crippen molar-refractivity contribution in [2.24, 2.45) is 11.3 Å². The molecule has 1 aliphatic carbocycles. The van der Waals surface area contributed by atoms with Crippen molar-refractivity contribution < 1.29 is 32.4 Å². The number of pyridine rings is 1. The fourth-order valence-electron chi connectivity index (χ4n) is 8.50. The maximum atomic E-state index is 14.0. The Morgan fingerprint density at radius 3 is 2.55 bits per heavy atom. The van der Waals surface area contributed by atoms with Crippen molar-refractivity contribution in [1.29, 1.82) is 0 Å². The first-order chi connectivity index (χ1) is 29.8. The van der Waals surface area contributed by atoms with Gasteiger partial charge in [-0.05, 0) is 103 Å². The molecular formula is C46H53ClN7O7S+. The van der Waals surface area contributed by atoms with Crippen molar-refractivity contribution in [2.45, 2.75) is 50.8 Å². The minimum atomic E-state index is -4.48. The van der Waals surface area contributed by atoms with E-state index in [0.717, 1.165) is 80.9 Å². The first-order valence-electron chi connectivity index (χ1n) is 21.1. The van der Waals surface area contributed by atoms with Gasteiger partial charge in [-0.1, -0.05) is 43.2 Å². The molecule has 2 aromatic heterocycles. The number of aromatic amines is 1. The zero-order chi connectivity index (χ0) is 43.4. The summed E-state index contributed by atoms with van der Waals surface area (Å²) in [5.41, 5.74) is 6.24. The molecule has 0 saturated carbocycles. The standard InChI is InChI=1S/C46H52ClN7O7S/c1-46(2)16-12-34(40(27-46)32-4-6-35(47)7-5-32)30-52-18-20-53(21-19-52)36-8-10-39(43(25-36)61-37-24-33-13-17-48-44(33)50-29-37)45(55)51-62(57,58)38-9-11-41(42(26-38)54(56)59-3)49-28-31-14-22-60-23-15-31/h4-11,13,17,24-26,29,31H,12,14-16,18-23,27-28,30H2,1-3H3,(H2-,48,49,50,51,55,56)/p+1. The van der Waals surface area contributed by atoms with Crippen LogP contribution >= 0.6 is 11.6 Å². The van der Waals surface area contributed by atoms with Gasteiger partial charge in [0.2, 0.25) is 0 Å². The predicted molar refractivity (Wildman–Crippen MR) is 241 cm³/mol. The van der Waals surface area contributed by atoms with Crippen molar-refractivity contribution in [3.63, 3.8) is 0 Å². The molecular weight excluding hydrogens is 830 g/mol. The van der Waals surface area contributed by atoms with E-state index in [0.29, 0.717) is 42.8 Å². The smallest absolute Gasteiger partial charge is 0.340 e. The van der Waals surface area contributed by atoms with E-state index < -0.39 is 15.9 Å². The van der Waals surface area contributed by atoms with Crippen molar-refractivity contribution in [3.05, 3.63) is 112 Å². The lowest BCUT2D eigenvalue weighted by Gasteiger charge is -2.39. The van der Waals surface area contributed by atoms with Crippen LogP contribution in [0.4, 0.5) is 17.1 Å². The van der Waals surface area contributed by atoms with E-state index in [2.05, 4.69) is 55.8 Å². The maximum absolute atomic E-state index is 14.0. The number of allylic oxidation sites excluding steroid dienone is 1. The van der Waals surface area contributed by atoms with Gasteiger partial charge in [0.15, 0.2) is 7.11 Å². The highest BCUT2D eigenvalue weighted by Crippen LogP contribution is 2.43. The van der Waals surface area contributed by atoms with Crippen molar-refractivity contribution in [1.82, 2.24) is 19.6 Å². The molecule has 0 radical (unpaired) electrons. The third kappa shape index (κ3) is 10.1. The van der Waals surface area contributed by atoms with Crippen LogP contribution in [-0.2, 0) is 19.6 Å². The number of carbonyl (C=O) groups is 1. The van der Waals surface area contributed by atoms with E-state index in [4.69, 9.17) is 25.9 Å². The minimum Gasteiger partial charge on any atom is -0.455 e. The molecule has 0 bridgehead atoms. The van der Waals surface area contributed by atoms with Gasteiger partial charge in [0, 0.05) is 86.9 Å². The maximum Gasteiger partial charge on any atom is 0.340 e. The number of sulfonamides is 1. The number of benzene rings is 3. The Morgan fingerprint density at radius 1 is 1.02 bits per heavy atom. The lowest BCUT2D eigenvalue weighted by Crippen LogP contribution is -2.47. The number of nitrogens with zero attached hydrogens (tertiary/aromatic N) is 4. The number of carbonyl (C=O) groups excluding carboxylic acids is 1. The molecule has 3 aliphatic rings. The molecule has 62 heavy (non-hydrogen) atoms. The average molecular weight is 883 g/mol. The van der Waals surface area contributed by atoms with Crippen LogP contribution in [0.2, 0.25) is 5.02 Å². The van der Waals surface area contributed by atoms with E-state index in [1.165, 1.54) is 42.0 Å². The number of nitrogens with one attached hydrogen (secondary N) is 3. The number of aromatic nitrogens is 2. The first-order valence-corrected chi connectivity index (χ1v) is 22.9. The molecule has 14 nitrogen and oxygen atoms in total. The Kier molecular flexibility index (Phi) is 12.9. The van der Waals surface area contributed by atoms with Crippen LogP contribution < -0.4 is 19.7 Å². The molecule has 0 spiro atoms. The third-order valence-corrected chi connectivity index (χ3v) is 13.7. The van der Waals surface area contributed by atoms with Gasteiger partial charge in [-0.3, -0.25) is 9.69 Å². The number of amides is 1. The van der Waals surface area contributed by atoms with Crippen LogP contribution in [0.15, 0.2) is 95.7 Å². The summed E-state index contributed by atoms with van der Waals surface area (Å²) < 4.78 is 41.6. The van der Waals surface area contributed by atoms with Crippen LogP contribution in [-0.4, -0.2) is 93.7 Å². The van der Waals surface area contributed by atoms with Crippen molar-refractivity contribution >= 4 is 61.2 Å². The van der Waals surface area contributed by atoms with Gasteiger partial charge in [0.1, 0.15) is 22.8 Å². The Bertz CT molecular complexity index is 2580. The summed E-state index contributed by atoms with van der Waals surface area (Å²) in [7, 11) is -3.28. The zero-order valence-electron chi connectivity index (χ0n) is 35.3. The van der Waals surface area contributed by atoms with Gasteiger partial charge in [0.05, 0.1) is 21.6 Å². The second kappa shape index (κ2) is 18.5. The molecule has 2 fully saturated rings. The molecule has 5 aromatic rings.